The lowest BCUT2D eigenvalue weighted by Crippen LogP contribution is -2.50. The van der Waals surface area contributed by atoms with Crippen LogP contribution in [0.4, 0.5) is 8.63 Å². The molecule has 0 unspecified atom stereocenters. The number of nitrogens with zero attached hydrogens (tertiary/aromatic N) is 2. The van der Waals surface area contributed by atoms with E-state index in [1.54, 1.807) is 42.5 Å². The quantitative estimate of drug-likeness (QED) is 0.434. The van der Waals surface area contributed by atoms with Gasteiger partial charge >= 0.3 is 6.97 Å². The van der Waals surface area contributed by atoms with Crippen molar-refractivity contribution in [3.05, 3.63) is 74.1 Å². The van der Waals surface area contributed by atoms with E-state index in [2.05, 4.69) is 31.9 Å². The van der Waals surface area contributed by atoms with Gasteiger partial charge in [0.25, 0.3) is 0 Å². The molecule has 2 aromatic rings. The third-order valence-corrected chi connectivity index (χ3v) is 6.11. The molecule has 0 saturated heterocycles. The van der Waals surface area contributed by atoms with Gasteiger partial charge in [-0.1, -0.05) is 29.3 Å². The van der Waals surface area contributed by atoms with Crippen LogP contribution in [0.1, 0.15) is 11.3 Å². The van der Waals surface area contributed by atoms with Gasteiger partial charge in [-0.05, 0) is 45.8 Å². The summed E-state index contributed by atoms with van der Waals surface area (Å²) in [7, 11) is 0. The molecule has 0 aliphatic carbocycles. The number of fused-ring (bicyclic) bond motifs is 2. The van der Waals surface area contributed by atoms with Crippen molar-refractivity contribution in [2.75, 3.05) is 0 Å². The van der Waals surface area contributed by atoms with Crippen molar-refractivity contribution >= 4 is 72.2 Å². The van der Waals surface area contributed by atoms with E-state index < -0.39 is 6.97 Å². The highest BCUT2D eigenvalue weighted by molar-refractivity contribution is 9.18. The topological polar surface area (TPSA) is 7.94 Å². The molecule has 0 atom stereocenters. The number of allylic oxidation sites excluding steroid dienone is 2. The van der Waals surface area contributed by atoms with E-state index in [-0.39, 0.29) is 0 Å². The molecule has 122 valence electrons. The summed E-state index contributed by atoms with van der Waals surface area (Å²) in [5, 5.41) is 0.790. The van der Waals surface area contributed by atoms with Gasteiger partial charge < -0.3 is 17.6 Å². The fraction of sp³-hybridized carbons (Fsp3) is 0. The maximum atomic E-state index is 15.1. The Morgan fingerprint density at radius 3 is 2.46 bits per heavy atom. The van der Waals surface area contributed by atoms with E-state index in [1.807, 2.05) is 0 Å². The summed E-state index contributed by atoms with van der Waals surface area (Å²) in [5.74, 6) is 0. The highest BCUT2D eigenvalue weighted by Crippen LogP contribution is 2.42. The standard InChI is InChI=1S/C15H7BBr2Cl2F2N2/c17-13-5-3-11-15(8-1-2-9(19)10(20)7-8)12-4-6-14(18)24(12)16(21,22)23(11)13/h1-7H. The van der Waals surface area contributed by atoms with Gasteiger partial charge in [-0.2, -0.15) is 0 Å². The minimum atomic E-state index is -4.02. The molecule has 2 aliphatic heterocycles. The lowest BCUT2D eigenvalue weighted by molar-refractivity contribution is -0.358. The molecule has 0 saturated carbocycles. The van der Waals surface area contributed by atoms with E-state index >= 15 is 8.63 Å². The largest absolute Gasteiger partial charge is 0.738 e. The number of halogens is 6. The van der Waals surface area contributed by atoms with Crippen molar-refractivity contribution in [1.82, 2.24) is 4.48 Å². The third kappa shape index (κ3) is 2.21. The zero-order valence-electron chi connectivity index (χ0n) is 11.8. The summed E-state index contributed by atoms with van der Waals surface area (Å²) in [5.41, 5.74) is 2.22. The Balaban J connectivity index is 2.10. The van der Waals surface area contributed by atoms with Gasteiger partial charge in [0.05, 0.1) is 20.2 Å². The first-order valence-electron chi connectivity index (χ1n) is 6.91. The van der Waals surface area contributed by atoms with Crippen molar-refractivity contribution < 1.29 is 13.1 Å². The van der Waals surface area contributed by atoms with Gasteiger partial charge in [0, 0.05) is 33.8 Å². The van der Waals surface area contributed by atoms with E-state index in [0.717, 1.165) is 14.5 Å². The molecule has 0 N–H and O–H groups in total. The zero-order chi connectivity index (χ0) is 17.2. The fourth-order valence-corrected chi connectivity index (χ4v) is 4.52. The second-order valence-electron chi connectivity index (χ2n) is 5.41. The van der Waals surface area contributed by atoms with Crippen molar-refractivity contribution in [2.45, 2.75) is 0 Å². The van der Waals surface area contributed by atoms with E-state index in [0.29, 0.717) is 36.2 Å². The maximum Gasteiger partial charge on any atom is 0.738 e. The molecule has 4 rings (SSSR count). The first kappa shape index (κ1) is 16.6. The SMILES string of the molecule is F[B-]1(F)n2c(Br)ccc2C(c2ccc(Cl)c(Cl)c2)=C2C=CC(Br)=[N+]21. The number of aromatic nitrogens is 1. The molecule has 1 aromatic carbocycles. The van der Waals surface area contributed by atoms with Gasteiger partial charge in [0.15, 0.2) is 5.70 Å². The number of benzene rings is 1. The second kappa shape index (κ2) is 5.56. The van der Waals surface area contributed by atoms with Gasteiger partial charge in [0.2, 0.25) is 4.62 Å². The smallest absolute Gasteiger partial charge is 0.389 e. The summed E-state index contributed by atoms with van der Waals surface area (Å²) in [6.07, 6.45) is 3.28. The predicted molar refractivity (Wildman–Crippen MR) is 101 cm³/mol. The Morgan fingerprint density at radius 1 is 1.00 bits per heavy atom. The fourth-order valence-electron chi connectivity index (χ4n) is 3.08. The second-order valence-corrected chi connectivity index (χ2v) is 7.85. The number of hydrogen-bond donors (Lipinski definition) is 0. The predicted octanol–water partition coefficient (Wildman–Crippen LogP) is 5.93. The Hall–Kier alpha value is -0.885. The molecule has 9 heteroatoms. The lowest BCUT2D eigenvalue weighted by Gasteiger charge is -2.32. The molecule has 0 radical (unpaired) electrons. The molecule has 0 fully saturated rings. The molecule has 3 heterocycles. The minimum absolute atomic E-state index is 0.311. The highest BCUT2D eigenvalue weighted by Gasteiger charge is 2.54. The van der Waals surface area contributed by atoms with Crippen LogP contribution in [0.15, 0.2) is 52.8 Å². The molecule has 2 aliphatic rings. The lowest BCUT2D eigenvalue weighted by atomic mass is 9.86. The van der Waals surface area contributed by atoms with Crippen LogP contribution in [-0.4, -0.2) is 20.6 Å². The van der Waals surface area contributed by atoms with Gasteiger partial charge in [-0.3, -0.25) is 0 Å². The zero-order valence-corrected chi connectivity index (χ0v) is 16.5. The van der Waals surface area contributed by atoms with Gasteiger partial charge in [0.1, 0.15) is 0 Å². The minimum Gasteiger partial charge on any atom is -0.389 e. The summed E-state index contributed by atoms with van der Waals surface area (Å²) in [4.78, 5) is 0. The summed E-state index contributed by atoms with van der Waals surface area (Å²) < 4.78 is 32.8. The average Bonchev–Trinajstić information content (AvgIpc) is 3.08. The monoisotopic (exact) mass is 492 g/mol. The van der Waals surface area contributed by atoms with Crippen LogP contribution >= 0.6 is 55.1 Å². The molecular formula is C15H7BBr2Cl2F2N2. The van der Waals surface area contributed by atoms with Crippen LogP contribution < -0.4 is 0 Å². The molecule has 1 aromatic heterocycles. The van der Waals surface area contributed by atoms with E-state index in [1.165, 1.54) is 0 Å². The number of rotatable bonds is 1. The van der Waals surface area contributed by atoms with Crippen LogP contribution in [0, 0.1) is 0 Å². The molecule has 0 bridgehead atoms. The first-order valence-corrected chi connectivity index (χ1v) is 9.25. The van der Waals surface area contributed by atoms with Gasteiger partial charge in [-0.25, -0.2) is 0 Å². The Bertz CT molecular complexity index is 995. The van der Waals surface area contributed by atoms with Crippen molar-refractivity contribution in [2.24, 2.45) is 0 Å². The summed E-state index contributed by atoms with van der Waals surface area (Å²) >= 11 is 18.6. The van der Waals surface area contributed by atoms with E-state index in [4.69, 9.17) is 23.2 Å². The van der Waals surface area contributed by atoms with Crippen LogP contribution in [0.3, 0.4) is 0 Å². The van der Waals surface area contributed by atoms with E-state index in [9.17, 15) is 0 Å². The molecule has 0 amide bonds. The van der Waals surface area contributed by atoms with Crippen LogP contribution in [0.2, 0.25) is 10.0 Å². The summed E-state index contributed by atoms with van der Waals surface area (Å²) in [6, 6.07) is 8.41. The molecular weight excluding hydrogens is 488 g/mol. The Kier molecular flexibility index (Phi) is 3.84. The van der Waals surface area contributed by atoms with Crippen molar-refractivity contribution in [3.63, 3.8) is 0 Å². The van der Waals surface area contributed by atoms with Crippen molar-refractivity contribution in [1.29, 1.82) is 0 Å². The Labute approximate surface area is 163 Å². The number of hydrogen-bond acceptors (Lipinski definition) is 0. The maximum absolute atomic E-state index is 15.1. The molecule has 24 heavy (non-hydrogen) atoms. The molecule has 0 spiro atoms. The summed E-state index contributed by atoms with van der Waals surface area (Å²) in [6.45, 7) is -4.02. The van der Waals surface area contributed by atoms with Crippen LogP contribution in [-0.2, 0) is 0 Å². The molecule has 2 nitrogen and oxygen atoms in total. The Morgan fingerprint density at radius 2 is 1.75 bits per heavy atom. The first-order chi connectivity index (χ1) is 11.3. The third-order valence-electron chi connectivity index (χ3n) is 4.08. The van der Waals surface area contributed by atoms with Gasteiger partial charge in [-0.15, -0.1) is 0 Å². The van der Waals surface area contributed by atoms with Crippen molar-refractivity contribution in [3.8, 4) is 0 Å². The van der Waals surface area contributed by atoms with Crippen LogP contribution in [0.5, 0.6) is 0 Å². The normalized spacial score (nSPS) is 18.2. The average molecular weight is 495 g/mol. The van der Waals surface area contributed by atoms with Crippen LogP contribution in [0.25, 0.3) is 5.57 Å². The highest BCUT2D eigenvalue weighted by atomic mass is 79.9.